The van der Waals surface area contributed by atoms with Gasteiger partial charge in [0.15, 0.2) is 16.4 Å². The highest BCUT2D eigenvalue weighted by molar-refractivity contribution is 7.71. The average Bonchev–Trinajstić information content (AvgIpc) is 3.36. The number of oxazole rings is 1. The molecule has 0 radical (unpaired) electrons. The van der Waals surface area contributed by atoms with Crippen molar-refractivity contribution in [3.8, 4) is 17.0 Å². The fourth-order valence-corrected chi connectivity index (χ4v) is 3.23. The SMILES string of the molecule is O=C(CCc1ncc(-c2ccc(Cl)cc2)o1)Nc1cccc(-n2cc[nH]c2=S)c1. The summed E-state index contributed by atoms with van der Waals surface area (Å²) in [6.07, 6.45) is 5.92. The number of anilines is 1. The summed E-state index contributed by atoms with van der Waals surface area (Å²) in [5.74, 6) is 1.04. The van der Waals surface area contributed by atoms with Crippen molar-refractivity contribution < 1.29 is 9.21 Å². The van der Waals surface area contributed by atoms with E-state index in [2.05, 4.69) is 15.3 Å². The monoisotopic (exact) mass is 424 g/mol. The number of amides is 1. The first-order valence-corrected chi connectivity index (χ1v) is 9.74. The van der Waals surface area contributed by atoms with E-state index in [0.29, 0.717) is 33.6 Å². The molecule has 0 saturated carbocycles. The van der Waals surface area contributed by atoms with Gasteiger partial charge in [-0.25, -0.2) is 4.98 Å². The van der Waals surface area contributed by atoms with E-state index in [4.69, 9.17) is 28.2 Å². The van der Waals surface area contributed by atoms with E-state index >= 15 is 0 Å². The molecular formula is C21H17ClN4O2S. The summed E-state index contributed by atoms with van der Waals surface area (Å²) in [5, 5.41) is 3.56. The van der Waals surface area contributed by atoms with Gasteiger partial charge in [0.1, 0.15) is 0 Å². The van der Waals surface area contributed by atoms with Crippen LogP contribution in [0.4, 0.5) is 5.69 Å². The normalized spacial score (nSPS) is 10.8. The maximum Gasteiger partial charge on any atom is 0.224 e. The fraction of sp³-hybridized carbons (Fsp3) is 0.0952. The van der Waals surface area contributed by atoms with Crippen molar-refractivity contribution in [2.75, 3.05) is 5.32 Å². The van der Waals surface area contributed by atoms with Crippen molar-refractivity contribution in [2.45, 2.75) is 12.8 Å². The van der Waals surface area contributed by atoms with Gasteiger partial charge in [0.2, 0.25) is 5.91 Å². The van der Waals surface area contributed by atoms with Crippen LogP contribution in [0, 0.1) is 4.77 Å². The Morgan fingerprint density at radius 3 is 2.83 bits per heavy atom. The molecule has 0 spiro atoms. The summed E-state index contributed by atoms with van der Waals surface area (Å²) in [5.41, 5.74) is 2.46. The Bertz CT molecular complexity index is 1190. The first kappa shape index (κ1) is 19.2. The number of nitrogens with zero attached hydrogens (tertiary/aromatic N) is 2. The molecule has 4 aromatic rings. The van der Waals surface area contributed by atoms with Gasteiger partial charge in [-0.15, -0.1) is 0 Å². The number of carbonyl (C=O) groups is 1. The highest BCUT2D eigenvalue weighted by Crippen LogP contribution is 2.23. The number of nitrogens with one attached hydrogen (secondary N) is 2. The van der Waals surface area contributed by atoms with E-state index in [9.17, 15) is 4.79 Å². The van der Waals surface area contributed by atoms with E-state index < -0.39 is 0 Å². The minimum atomic E-state index is -0.119. The average molecular weight is 425 g/mol. The Kier molecular flexibility index (Phi) is 5.59. The van der Waals surface area contributed by atoms with Crippen LogP contribution in [0.25, 0.3) is 17.0 Å². The molecule has 2 heterocycles. The van der Waals surface area contributed by atoms with Crippen molar-refractivity contribution >= 4 is 35.4 Å². The number of H-pyrrole nitrogens is 1. The number of carbonyl (C=O) groups excluding carboxylic acids is 1. The largest absolute Gasteiger partial charge is 0.441 e. The molecule has 8 heteroatoms. The van der Waals surface area contributed by atoms with Gasteiger partial charge in [0, 0.05) is 47.2 Å². The number of benzene rings is 2. The van der Waals surface area contributed by atoms with Gasteiger partial charge in [-0.05, 0) is 54.7 Å². The Balaban J connectivity index is 1.37. The molecule has 0 bridgehead atoms. The smallest absolute Gasteiger partial charge is 0.224 e. The van der Waals surface area contributed by atoms with Crippen LogP contribution in [0.3, 0.4) is 0 Å². The van der Waals surface area contributed by atoms with E-state index in [1.165, 1.54) is 0 Å². The highest BCUT2D eigenvalue weighted by atomic mass is 35.5. The summed E-state index contributed by atoms with van der Waals surface area (Å²) in [6.45, 7) is 0. The second-order valence-electron chi connectivity index (χ2n) is 6.36. The Hall–Kier alpha value is -3.16. The Labute approximate surface area is 177 Å². The van der Waals surface area contributed by atoms with E-state index in [-0.39, 0.29) is 12.3 Å². The third-order valence-corrected chi connectivity index (χ3v) is 4.87. The third-order valence-electron chi connectivity index (χ3n) is 4.31. The number of hydrogen-bond donors (Lipinski definition) is 2. The molecule has 2 N–H and O–H groups in total. The van der Waals surface area contributed by atoms with Crippen LogP contribution in [0.15, 0.2) is 71.5 Å². The zero-order valence-corrected chi connectivity index (χ0v) is 16.8. The Morgan fingerprint density at radius 2 is 2.07 bits per heavy atom. The van der Waals surface area contributed by atoms with E-state index in [0.717, 1.165) is 11.3 Å². The number of aromatic nitrogens is 3. The van der Waals surface area contributed by atoms with Crippen molar-refractivity contribution in [3.63, 3.8) is 0 Å². The second kappa shape index (κ2) is 8.46. The second-order valence-corrected chi connectivity index (χ2v) is 7.18. The summed E-state index contributed by atoms with van der Waals surface area (Å²) < 4.78 is 8.16. The molecule has 0 fully saturated rings. The lowest BCUT2D eigenvalue weighted by atomic mass is 10.2. The van der Waals surface area contributed by atoms with Gasteiger partial charge < -0.3 is 14.7 Å². The predicted molar refractivity (Wildman–Crippen MR) is 115 cm³/mol. The van der Waals surface area contributed by atoms with E-state index in [1.54, 1.807) is 24.5 Å². The van der Waals surface area contributed by atoms with Crippen LogP contribution < -0.4 is 5.32 Å². The third kappa shape index (κ3) is 4.64. The summed E-state index contributed by atoms with van der Waals surface area (Å²) in [6, 6.07) is 14.8. The number of halogens is 1. The molecule has 0 saturated heterocycles. The number of aryl methyl sites for hydroxylation is 1. The first-order chi connectivity index (χ1) is 14.1. The predicted octanol–water partition coefficient (Wildman–Crippen LogP) is 5.41. The van der Waals surface area contributed by atoms with Crippen LogP contribution in [0.2, 0.25) is 5.02 Å². The lowest BCUT2D eigenvalue weighted by molar-refractivity contribution is -0.116. The van der Waals surface area contributed by atoms with E-state index in [1.807, 2.05) is 47.2 Å². The maximum absolute atomic E-state index is 12.3. The minimum Gasteiger partial charge on any atom is -0.441 e. The van der Waals surface area contributed by atoms with Gasteiger partial charge in [0.25, 0.3) is 0 Å². The van der Waals surface area contributed by atoms with Gasteiger partial charge in [0.05, 0.1) is 6.20 Å². The minimum absolute atomic E-state index is 0.119. The first-order valence-electron chi connectivity index (χ1n) is 8.95. The molecule has 0 aliphatic carbocycles. The molecule has 2 aromatic carbocycles. The summed E-state index contributed by atoms with van der Waals surface area (Å²) in [4.78, 5) is 19.5. The molecule has 2 aromatic heterocycles. The lowest BCUT2D eigenvalue weighted by Gasteiger charge is -2.07. The van der Waals surface area contributed by atoms with Crippen LogP contribution >= 0.6 is 23.8 Å². The molecule has 29 heavy (non-hydrogen) atoms. The van der Waals surface area contributed by atoms with Crippen molar-refractivity contribution in [1.29, 1.82) is 0 Å². The van der Waals surface area contributed by atoms with Gasteiger partial charge in [-0.1, -0.05) is 17.7 Å². The Morgan fingerprint density at radius 1 is 1.24 bits per heavy atom. The zero-order valence-electron chi connectivity index (χ0n) is 15.3. The maximum atomic E-state index is 12.3. The molecule has 0 atom stereocenters. The van der Waals surface area contributed by atoms with Gasteiger partial charge >= 0.3 is 0 Å². The van der Waals surface area contributed by atoms with Crippen LogP contribution in [-0.4, -0.2) is 20.4 Å². The summed E-state index contributed by atoms with van der Waals surface area (Å²) in [7, 11) is 0. The summed E-state index contributed by atoms with van der Waals surface area (Å²) >= 11 is 11.1. The van der Waals surface area contributed by atoms with Crippen LogP contribution in [-0.2, 0) is 11.2 Å². The fourth-order valence-electron chi connectivity index (χ4n) is 2.87. The number of rotatable bonds is 6. The van der Waals surface area contributed by atoms with Crippen LogP contribution in [0.1, 0.15) is 12.3 Å². The molecule has 4 rings (SSSR count). The van der Waals surface area contributed by atoms with Gasteiger partial charge in [-0.3, -0.25) is 9.36 Å². The molecule has 1 amide bonds. The lowest BCUT2D eigenvalue weighted by Crippen LogP contribution is -2.12. The van der Waals surface area contributed by atoms with Crippen molar-refractivity contribution in [3.05, 3.63) is 82.8 Å². The highest BCUT2D eigenvalue weighted by Gasteiger charge is 2.10. The number of imidazole rings is 1. The van der Waals surface area contributed by atoms with Crippen molar-refractivity contribution in [2.24, 2.45) is 0 Å². The van der Waals surface area contributed by atoms with Crippen LogP contribution in [0.5, 0.6) is 0 Å². The molecule has 146 valence electrons. The molecule has 0 aliphatic heterocycles. The molecule has 6 nitrogen and oxygen atoms in total. The van der Waals surface area contributed by atoms with Crippen molar-refractivity contribution in [1.82, 2.24) is 14.5 Å². The standard InChI is InChI=1S/C21H17ClN4O2S/c22-15-6-4-14(5-7-15)18-13-24-20(28-18)9-8-19(27)25-16-2-1-3-17(12-16)26-11-10-23-21(26)29/h1-7,10-13H,8-9H2,(H,23,29)(H,25,27). The molecule has 0 aliphatic rings. The quantitative estimate of drug-likeness (QED) is 0.405. The molecular weight excluding hydrogens is 408 g/mol. The topological polar surface area (TPSA) is 75.8 Å². The zero-order chi connectivity index (χ0) is 20.2. The molecule has 0 unspecified atom stereocenters. The van der Waals surface area contributed by atoms with Gasteiger partial charge in [-0.2, -0.15) is 0 Å². The number of aromatic amines is 1. The number of hydrogen-bond acceptors (Lipinski definition) is 4.